The van der Waals surface area contributed by atoms with Gasteiger partial charge in [0.1, 0.15) is 5.75 Å². The molecule has 0 amide bonds. The van der Waals surface area contributed by atoms with Crippen molar-refractivity contribution < 1.29 is 13.5 Å². The molecular weight excluding hydrogens is 426 g/mol. The van der Waals surface area contributed by atoms with Gasteiger partial charge in [0.05, 0.1) is 5.56 Å². The van der Waals surface area contributed by atoms with Crippen molar-refractivity contribution in [3.05, 3.63) is 69.8 Å². The number of benzene rings is 2. The normalized spacial score (nSPS) is 24.2. The fourth-order valence-electron chi connectivity index (χ4n) is 5.33. The van der Waals surface area contributed by atoms with E-state index in [0.717, 1.165) is 41.7 Å². The molecule has 4 heteroatoms. The van der Waals surface area contributed by atoms with E-state index >= 15 is 0 Å². The van der Waals surface area contributed by atoms with Gasteiger partial charge in [-0.3, -0.25) is 0 Å². The van der Waals surface area contributed by atoms with E-state index in [2.05, 4.69) is 13.0 Å². The molecule has 2 aliphatic rings. The molecular formula is C28H33ClF2O. The average Bonchev–Trinajstić information content (AvgIpc) is 2.76. The molecule has 0 aromatic heterocycles. The van der Waals surface area contributed by atoms with Gasteiger partial charge >= 0.3 is 6.11 Å². The molecule has 32 heavy (non-hydrogen) atoms. The Hall–Kier alpha value is -1.87. The maximum atomic E-state index is 14.9. The van der Waals surface area contributed by atoms with E-state index in [-0.39, 0.29) is 11.3 Å². The quantitative estimate of drug-likeness (QED) is 0.434. The summed E-state index contributed by atoms with van der Waals surface area (Å²) in [7, 11) is 0. The van der Waals surface area contributed by atoms with Crippen LogP contribution in [0.5, 0.6) is 5.75 Å². The molecule has 1 fully saturated rings. The first-order chi connectivity index (χ1) is 15.2. The van der Waals surface area contributed by atoms with Crippen LogP contribution in [0.2, 0.25) is 5.02 Å². The second kappa shape index (κ2) is 9.55. The van der Waals surface area contributed by atoms with Crippen molar-refractivity contribution in [2.75, 3.05) is 0 Å². The van der Waals surface area contributed by atoms with Crippen molar-refractivity contribution in [2.45, 2.75) is 71.8 Å². The van der Waals surface area contributed by atoms with Crippen molar-refractivity contribution in [3.63, 3.8) is 0 Å². The summed E-state index contributed by atoms with van der Waals surface area (Å²) in [6, 6.07) is 9.84. The maximum absolute atomic E-state index is 14.9. The van der Waals surface area contributed by atoms with E-state index in [1.165, 1.54) is 55.9 Å². The summed E-state index contributed by atoms with van der Waals surface area (Å²) in [4.78, 5) is 0. The highest BCUT2D eigenvalue weighted by Crippen LogP contribution is 2.42. The van der Waals surface area contributed by atoms with E-state index in [0.29, 0.717) is 10.6 Å². The topological polar surface area (TPSA) is 9.23 Å². The molecule has 1 atom stereocenters. The molecule has 1 unspecified atom stereocenters. The van der Waals surface area contributed by atoms with Crippen LogP contribution in [0.25, 0.3) is 5.57 Å². The number of alkyl halides is 2. The first-order valence-electron chi connectivity index (χ1n) is 11.9. The Morgan fingerprint density at radius 2 is 1.66 bits per heavy atom. The molecule has 1 saturated carbocycles. The third kappa shape index (κ3) is 5.20. The number of allylic oxidation sites excluding steroid dienone is 2. The highest BCUT2D eigenvalue weighted by molar-refractivity contribution is 6.31. The molecule has 0 aliphatic heterocycles. The van der Waals surface area contributed by atoms with Gasteiger partial charge in [-0.2, -0.15) is 8.78 Å². The van der Waals surface area contributed by atoms with Gasteiger partial charge in [-0.25, -0.2) is 0 Å². The zero-order valence-electron chi connectivity index (χ0n) is 19.3. The SMILES string of the molecule is Cc1ccc(OC(F)(F)c2ccc(C3=CCC(C4CCC(C)CC4)CC3)cc2C)cc1Cl. The minimum atomic E-state index is -3.43. The van der Waals surface area contributed by atoms with Gasteiger partial charge in [-0.05, 0) is 104 Å². The second-order valence-corrected chi connectivity index (χ2v) is 10.3. The van der Waals surface area contributed by atoms with Crippen molar-refractivity contribution >= 4 is 17.2 Å². The Balaban J connectivity index is 1.45. The molecule has 0 radical (unpaired) electrons. The fraction of sp³-hybridized carbons (Fsp3) is 0.500. The molecule has 4 rings (SSSR count). The summed E-state index contributed by atoms with van der Waals surface area (Å²) < 4.78 is 34.9. The van der Waals surface area contributed by atoms with Crippen molar-refractivity contribution in [3.8, 4) is 5.75 Å². The molecule has 172 valence electrons. The number of hydrogen-bond donors (Lipinski definition) is 0. The van der Waals surface area contributed by atoms with Crippen molar-refractivity contribution in [1.29, 1.82) is 0 Å². The molecule has 0 heterocycles. The van der Waals surface area contributed by atoms with Gasteiger partial charge in [0, 0.05) is 5.02 Å². The number of halogens is 3. The predicted octanol–water partition coefficient (Wildman–Crippen LogP) is 9.09. The molecule has 0 spiro atoms. The Morgan fingerprint density at radius 3 is 2.28 bits per heavy atom. The van der Waals surface area contributed by atoms with Crippen LogP contribution in [0.1, 0.15) is 74.1 Å². The summed E-state index contributed by atoms with van der Waals surface area (Å²) in [5, 5.41) is 0.413. The third-order valence-electron chi connectivity index (χ3n) is 7.48. The van der Waals surface area contributed by atoms with Gasteiger partial charge in [0.15, 0.2) is 0 Å². The summed E-state index contributed by atoms with van der Waals surface area (Å²) >= 11 is 6.06. The van der Waals surface area contributed by atoms with Crippen LogP contribution in [0, 0.1) is 31.6 Å². The maximum Gasteiger partial charge on any atom is 0.426 e. The van der Waals surface area contributed by atoms with Crippen molar-refractivity contribution in [1.82, 2.24) is 0 Å². The lowest BCUT2D eigenvalue weighted by molar-refractivity contribution is -0.185. The first-order valence-corrected chi connectivity index (χ1v) is 12.2. The average molecular weight is 459 g/mol. The van der Waals surface area contributed by atoms with Crippen LogP contribution in [0.4, 0.5) is 8.78 Å². The molecule has 0 N–H and O–H groups in total. The molecule has 2 aromatic carbocycles. The lowest BCUT2D eigenvalue weighted by Gasteiger charge is -2.34. The van der Waals surface area contributed by atoms with Gasteiger partial charge in [0.25, 0.3) is 0 Å². The summed E-state index contributed by atoms with van der Waals surface area (Å²) in [5.41, 5.74) is 3.59. The van der Waals surface area contributed by atoms with E-state index in [9.17, 15) is 8.78 Å². The molecule has 1 nitrogen and oxygen atoms in total. The van der Waals surface area contributed by atoms with E-state index in [1.54, 1.807) is 13.0 Å². The second-order valence-electron chi connectivity index (χ2n) is 9.84. The number of hydrogen-bond acceptors (Lipinski definition) is 1. The van der Waals surface area contributed by atoms with Crippen LogP contribution in [0.3, 0.4) is 0 Å². The standard InChI is InChI=1S/C28H33ClF2O/c1-18-4-7-21(8-5-18)22-9-11-23(12-10-22)24-13-15-26(20(3)16-24)28(30,31)32-25-14-6-19(2)27(29)17-25/h6,11,13-18,21-22H,4-5,7-10,12H2,1-3H3. The van der Waals surface area contributed by atoms with E-state index in [1.807, 2.05) is 19.1 Å². The van der Waals surface area contributed by atoms with Crippen molar-refractivity contribution in [2.24, 2.45) is 17.8 Å². The highest BCUT2D eigenvalue weighted by Gasteiger charge is 2.36. The molecule has 2 aliphatic carbocycles. The molecule has 2 aromatic rings. The van der Waals surface area contributed by atoms with Crippen LogP contribution in [-0.4, -0.2) is 0 Å². The van der Waals surface area contributed by atoms with Gasteiger partial charge in [0.2, 0.25) is 0 Å². The number of ether oxygens (including phenoxy) is 1. The summed E-state index contributed by atoms with van der Waals surface area (Å²) in [5.74, 6) is 2.59. The van der Waals surface area contributed by atoms with E-state index in [4.69, 9.17) is 16.3 Å². The third-order valence-corrected chi connectivity index (χ3v) is 7.89. The number of aryl methyl sites for hydroxylation is 2. The van der Waals surface area contributed by atoms with Crippen LogP contribution in [-0.2, 0) is 6.11 Å². The zero-order chi connectivity index (χ0) is 22.9. The molecule has 0 saturated heterocycles. The summed E-state index contributed by atoms with van der Waals surface area (Å²) in [6.07, 6.45) is 7.74. The van der Waals surface area contributed by atoms with Gasteiger partial charge in [-0.15, -0.1) is 0 Å². The smallest absolute Gasteiger partial charge is 0.426 e. The van der Waals surface area contributed by atoms with Crippen LogP contribution >= 0.6 is 11.6 Å². The molecule has 0 bridgehead atoms. The summed E-state index contributed by atoms with van der Waals surface area (Å²) in [6.45, 7) is 5.92. The van der Waals surface area contributed by atoms with Crippen LogP contribution in [0.15, 0.2) is 42.5 Å². The minimum absolute atomic E-state index is 0.0622. The highest BCUT2D eigenvalue weighted by atomic mass is 35.5. The largest absolute Gasteiger partial charge is 0.429 e. The Bertz CT molecular complexity index is 989. The monoisotopic (exact) mass is 458 g/mol. The lowest BCUT2D eigenvalue weighted by atomic mass is 9.71. The Kier molecular flexibility index (Phi) is 6.95. The lowest BCUT2D eigenvalue weighted by Crippen LogP contribution is -2.23. The minimum Gasteiger partial charge on any atom is -0.429 e. The fourth-order valence-corrected chi connectivity index (χ4v) is 5.50. The van der Waals surface area contributed by atoms with Crippen LogP contribution < -0.4 is 4.74 Å². The van der Waals surface area contributed by atoms with E-state index < -0.39 is 6.11 Å². The zero-order valence-corrected chi connectivity index (χ0v) is 20.0. The predicted molar refractivity (Wildman–Crippen MR) is 128 cm³/mol. The van der Waals surface area contributed by atoms with Gasteiger partial charge in [-0.1, -0.05) is 55.6 Å². The Labute approximate surface area is 195 Å². The Morgan fingerprint density at radius 1 is 0.906 bits per heavy atom. The van der Waals surface area contributed by atoms with Gasteiger partial charge < -0.3 is 4.74 Å². The first kappa shape index (κ1) is 23.3. The number of rotatable bonds is 5.